The Morgan fingerprint density at radius 2 is 2.05 bits per heavy atom. The third-order valence-electron chi connectivity index (χ3n) is 3.74. The Bertz CT molecular complexity index is 517. The molecule has 5 nitrogen and oxygen atoms in total. The lowest BCUT2D eigenvalue weighted by Gasteiger charge is -2.21. The second kappa shape index (κ2) is 6.67. The highest BCUT2D eigenvalue weighted by molar-refractivity contribution is 5.84. The molecule has 0 aromatic heterocycles. The second-order valence-corrected chi connectivity index (χ2v) is 5.12. The van der Waals surface area contributed by atoms with Gasteiger partial charge in [0.25, 0.3) is 0 Å². The summed E-state index contributed by atoms with van der Waals surface area (Å²) in [4.78, 5) is 24.8. The second-order valence-electron chi connectivity index (χ2n) is 5.12. The third kappa shape index (κ3) is 3.78. The lowest BCUT2D eigenvalue weighted by Crippen LogP contribution is -2.40. The van der Waals surface area contributed by atoms with E-state index in [1.165, 1.54) is 24.1 Å². The van der Waals surface area contributed by atoms with Gasteiger partial charge < -0.3 is 14.7 Å². The van der Waals surface area contributed by atoms with E-state index < -0.39 is 12.0 Å². The topological polar surface area (TPSA) is 66.8 Å². The van der Waals surface area contributed by atoms with Crippen LogP contribution in [0.3, 0.4) is 0 Å². The molecule has 6 heteroatoms. The molecule has 1 aromatic carbocycles. The van der Waals surface area contributed by atoms with Crippen LogP contribution in [0.15, 0.2) is 24.3 Å². The van der Waals surface area contributed by atoms with E-state index >= 15 is 0 Å². The molecule has 1 aliphatic heterocycles. The molecule has 0 bridgehead atoms. The number of aliphatic carboxylic acids is 1. The SMILES string of the molecule is COC1CC(C(=O)O)N(C(=O)CCc2ccc(F)cc2)C1. The van der Waals surface area contributed by atoms with E-state index in [0.717, 1.165) is 5.56 Å². The number of nitrogens with zero attached hydrogens (tertiary/aromatic N) is 1. The number of aryl methyl sites for hydroxylation is 1. The number of hydrogen-bond acceptors (Lipinski definition) is 3. The van der Waals surface area contributed by atoms with Crippen LogP contribution in [-0.2, 0) is 20.7 Å². The average Bonchev–Trinajstić information content (AvgIpc) is 2.91. The number of benzene rings is 1. The molecule has 0 aliphatic carbocycles. The zero-order chi connectivity index (χ0) is 15.4. The summed E-state index contributed by atoms with van der Waals surface area (Å²) in [6, 6.07) is 5.11. The molecule has 1 amide bonds. The Kier molecular flexibility index (Phi) is 4.90. The molecule has 1 fully saturated rings. The van der Waals surface area contributed by atoms with Crippen molar-refractivity contribution in [2.24, 2.45) is 0 Å². The van der Waals surface area contributed by atoms with Gasteiger partial charge in [0.15, 0.2) is 0 Å². The van der Waals surface area contributed by atoms with Crippen molar-refractivity contribution < 1.29 is 23.8 Å². The first-order valence-electron chi connectivity index (χ1n) is 6.80. The molecule has 1 heterocycles. The summed E-state index contributed by atoms with van der Waals surface area (Å²) < 4.78 is 17.9. The van der Waals surface area contributed by atoms with Crippen molar-refractivity contribution >= 4 is 11.9 Å². The van der Waals surface area contributed by atoms with E-state index in [9.17, 15) is 19.1 Å². The van der Waals surface area contributed by atoms with Crippen LogP contribution in [0.2, 0.25) is 0 Å². The Hall–Kier alpha value is -1.95. The quantitative estimate of drug-likeness (QED) is 0.893. The number of carbonyl (C=O) groups excluding carboxylic acids is 1. The highest BCUT2D eigenvalue weighted by atomic mass is 19.1. The van der Waals surface area contributed by atoms with Crippen molar-refractivity contribution in [2.75, 3.05) is 13.7 Å². The van der Waals surface area contributed by atoms with Crippen LogP contribution in [0.4, 0.5) is 4.39 Å². The smallest absolute Gasteiger partial charge is 0.326 e. The van der Waals surface area contributed by atoms with Crippen molar-refractivity contribution in [3.8, 4) is 0 Å². The molecule has 2 rings (SSSR count). The summed E-state index contributed by atoms with van der Waals surface area (Å²) in [6.45, 7) is 0.301. The van der Waals surface area contributed by atoms with Crippen LogP contribution in [0.1, 0.15) is 18.4 Å². The van der Waals surface area contributed by atoms with Gasteiger partial charge in [-0.3, -0.25) is 4.79 Å². The van der Waals surface area contributed by atoms with E-state index in [1.54, 1.807) is 12.1 Å². The number of likely N-dealkylation sites (tertiary alicyclic amines) is 1. The molecule has 114 valence electrons. The van der Waals surface area contributed by atoms with Gasteiger partial charge in [0.2, 0.25) is 5.91 Å². The first kappa shape index (κ1) is 15.4. The minimum Gasteiger partial charge on any atom is -0.480 e. The van der Waals surface area contributed by atoms with Gasteiger partial charge in [0.1, 0.15) is 11.9 Å². The molecular formula is C15H18FNO4. The average molecular weight is 295 g/mol. The van der Waals surface area contributed by atoms with Crippen molar-refractivity contribution in [1.29, 1.82) is 0 Å². The van der Waals surface area contributed by atoms with Crippen LogP contribution in [0.25, 0.3) is 0 Å². The number of rotatable bonds is 5. The molecule has 2 unspecified atom stereocenters. The Balaban J connectivity index is 1.95. The first-order chi connectivity index (χ1) is 10.0. The summed E-state index contributed by atoms with van der Waals surface area (Å²) in [6.07, 6.45) is 0.736. The van der Waals surface area contributed by atoms with E-state index in [-0.39, 0.29) is 24.2 Å². The summed E-state index contributed by atoms with van der Waals surface area (Å²) in [7, 11) is 1.51. The normalized spacial score (nSPS) is 21.5. The van der Waals surface area contributed by atoms with Gasteiger partial charge in [-0.2, -0.15) is 0 Å². The molecule has 1 aliphatic rings. The van der Waals surface area contributed by atoms with Gasteiger partial charge in [-0.25, -0.2) is 9.18 Å². The fraction of sp³-hybridized carbons (Fsp3) is 0.467. The Morgan fingerprint density at radius 1 is 1.38 bits per heavy atom. The van der Waals surface area contributed by atoms with Gasteiger partial charge >= 0.3 is 5.97 Å². The van der Waals surface area contributed by atoms with Gasteiger partial charge in [-0.15, -0.1) is 0 Å². The summed E-state index contributed by atoms with van der Waals surface area (Å²) in [5.74, 6) is -1.55. The highest BCUT2D eigenvalue weighted by Gasteiger charge is 2.39. The van der Waals surface area contributed by atoms with Crippen LogP contribution >= 0.6 is 0 Å². The van der Waals surface area contributed by atoms with E-state index in [4.69, 9.17) is 4.74 Å². The summed E-state index contributed by atoms with van der Waals surface area (Å²) >= 11 is 0. The Labute approximate surface area is 122 Å². The molecule has 1 saturated heterocycles. The predicted octanol–water partition coefficient (Wildman–Crippen LogP) is 1.46. The summed E-state index contributed by atoms with van der Waals surface area (Å²) in [5.41, 5.74) is 0.846. The molecule has 1 N–H and O–H groups in total. The third-order valence-corrected chi connectivity index (χ3v) is 3.74. The number of hydrogen-bond donors (Lipinski definition) is 1. The monoisotopic (exact) mass is 295 g/mol. The van der Waals surface area contributed by atoms with E-state index in [1.807, 2.05) is 0 Å². The minimum absolute atomic E-state index is 0.200. The maximum absolute atomic E-state index is 12.8. The van der Waals surface area contributed by atoms with Crippen LogP contribution in [0, 0.1) is 5.82 Å². The number of methoxy groups -OCH3 is 1. The number of carboxylic acid groups (broad SMARTS) is 1. The number of amides is 1. The van der Waals surface area contributed by atoms with Crippen molar-refractivity contribution in [1.82, 2.24) is 4.90 Å². The zero-order valence-electron chi connectivity index (χ0n) is 11.8. The standard InChI is InChI=1S/C15H18FNO4/c1-21-12-8-13(15(19)20)17(9-12)14(18)7-4-10-2-5-11(16)6-3-10/h2-3,5-6,12-13H,4,7-9H2,1H3,(H,19,20). The fourth-order valence-electron chi connectivity index (χ4n) is 2.52. The number of carbonyl (C=O) groups is 2. The molecule has 1 aromatic rings. The zero-order valence-corrected chi connectivity index (χ0v) is 11.8. The lowest BCUT2D eigenvalue weighted by molar-refractivity contribution is -0.148. The molecule has 21 heavy (non-hydrogen) atoms. The van der Waals surface area contributed by atoms with Crippen LogP contribution in [-0.4, -0.2) is 47.7 Å². The maximum atomic E-state index is 12.8. The largest absolute Gasteiger partial charge is 0.480 e. The molecule has 0 saturated carbocycles. The van der Waals surface area contributed by atoms with Gasteiger partial charge in [0, 0.05) is 26.5 Å². The van der Waals surface area contributed by atoms with Crippen molar-refractivity contribution in [3.05, 3.63) is 35.6 Å². The van der Waals surface area contributed by atoms with Gasteiger partial charge in [-0.1, -0.05) is 12.1 Å². The van der Waals surface area contributed by atoms with E-state index in [0.29, 0.717) is 19.4 Å². The van der Waals surface area contributed by atoms with Crippen molar-refractivity contribution in [2.45, 2.75) is 31.4 Å². The predicted molar refractivity (Wildman–Crippen MR) is 73.3 cm³/mol. The molecule has 2 atom stereocenters. The molecular weight excluding hydrogens is 277 g/mol. The minimum atomic E-state index is -1.01. The molecule has 0 radical (unpaired) electrons. The van der Waals surface area contributed by atoms with Crippen LogP contribution < -0.4 is 0 Å². The lowest BCUT2D eigenvalue weighted by atomic mass is 10.1. The number of halogens is 1. The van der Waals surface area contributed by atoms with Crippen LogP contribution in [0.5, 0.6) is 0 Å². The summed E-state index contributed by atoms with van der Waals surface area (Å²) in [5, 5.41) is 9.17. The first-order valence-corrected chi connectivity index (χ1v) is 6.80. The highest BCUT2D eigenvalue weighted by Crippen LogP contribution is 2.21. The van der Waals surface area contributed by atoms with Gasteiger partial charge in [0.05, 0.1) is 6.10 Å². The Morgan fingerprint density at radius 3 is 2.62 bits per heavy atom. The van der Waals surface area contributed by atoms with Gasteiger partial charge in [-0.05, 0) is 24.1 Å². The fourth-order valence-corrected chi connectivity index (χ4v) is 2.52. The van der Waals surface area contributed by atoms with Crippen molar-refractivity contribution in [3.63, 3.8) is 0 Å². The number of carboxylic acids is 1. The molecule has 0 spiro atoms. The number of ether oxygens (including phenoxy) is 1. The maximum Gasteiger partial charge on any atom is 0.326 e. The van der Waals surface area contributed by atoms with E-state index in [2.05, 4.69) is 0 Å².